The van der Waals surface area contributed by atoms with Crippen molar-refractivity contribution in [2.45, 2.75) is 6.42 Å². The molecule has 0 unspecified atom stereocenters. The number of hydrogen-bond acceptors (Lipinski definition) is 2. The zero-order chi connectivity index (χ0) is 12.4. The van der Waals surface area contributed by atoms with Crippen molar-refractivity contribution >= 4 is 29.1 Å². The van der Waals surface area contributed by atoms with E-state index in [0.29, 0.717) is 0 Å². The number of benzene rings is 1. The summed E-state index contributed by atoms with van der Waals surface area (Å²) in [6.07, 6.45) is 0.150. The number of nitrogens with zero attached hydrogens (tertiary/aromatic N) is 1. The van der Waals surface area contributed by atoms with Crippen molar-refractivity contribution < 1.29 is 14.0 Å². The molecule has 2 amide bonds. The molecule has 1 heterocycles. The second-order valence-corrected chi connectivity index (χ2v) is 4.05. The van der Waals surface area contributed by atoms with Crippen molar-refractivity contribution in [2.24, 2.45) is 0 Å². The highest BCUT2D eigenvalue weighted by Crippen LogP contribution is 2.26. The second kappa shape index (κ2) is 4.71. The second-order valence-electron chi connectivity index (χ2n) is 3.65. The highest BCUT2D eigenvalue weighted by Gasteiger charge is 2.24. The van der Waals surface area contributed by atoms with Crippen LogP contribution in [0.5, 0.6) is 0 Å². The lowest BCUT2D eigenvalue weighted by Gasteiger charge is -2.20. The standard InChI is InChI=1S/C11H10ClFN2O2/c12-7-2-1-3-8(11(7)13)15-5-4-9(16)14-6-10(15)17/h1-3H,4-6H2,(H,14,16). The molecule has 0 spiro atoms. The van der Waals surface area contributed by atoms with Gasteiger partial charge in [-0.2, -0.15) is 0 Å². The van der Waals surface area contributed by atoms with Crippen molar-refractivity contribution in [3.8, 4) is 0 Å². The number of hydrogen-bond donors (Lipinski definition) is 1. The minimum absolute atomic E-state index is 0.0427. The molecule has 0 saturated carbocycles. The summed E-state index contributed by atoms with van der Waals surface area (Å²) in [5.41, 5.74) is 0.110. The lowest BCUT2D eigenvalue weighted by atomic mass is 10.2. The molecule has 1 aromatic rings. The zero-order valence-electron chi connectivity index (χ0n) is 8.87. The van der Waals surface area contributed by atoms with E-state index in [1.54, 1.807) is 6.07 Å². The predicted octanol–water partition coefficient (Wildman–Crippen LogP) is 1.33. The largest absolute Gasteiger partial charge is 0.347 e. The van der Waals surface area contributed by atoms with E-state index in [2.05, 4.69) is 5.32 Å². The minimum Gasteiger partial charge on any atom is -0.347 e. The van der Waals surface area contributed by atoms with Crippen LogP contribution in [-0.2, 0) is 9.59 Å². The van der Waals surface area contributed by atoms with Crippen LogP contribution in [0, 0.1) is 5.82 Å². The maximum atomic E-state index is 13.8. The van der Waals surface area contributed by atoms with Gasteiger partial charge in [-0.15, -0.1) is 0 Å². The van der Waals surface area contributed by atoms with Gasteiger partial charge in [-0.05, 0) is 12.1 Å². The number of amides is 2. The number of carbonyl (C=O) groups is 2. The maximum Gasteiger partial charge on any atom is 0.246 e. The van der Waals surface area contributed by atoms with Crippen LogP contribution in [0.3, 0.4) is 0 Å². The lowest BCUT2D eigenvalue weighted by molar-refractivity contribution is -0.123. The van der Waals surface area contributed by atoms with Crippen molar-refractivity contribution in [2.75, 3.05) is 18.0 Å². The Bertz CT molecular complexity index is 479. The topological polar surface area (TPSA) is 49.4 Å². The molecule has 90 valence electrons. The number of halogens is 2. The van der Waals surface area contributed by atoms with Crippen LogP contribution in [-0.4, -0.2) is 24.9 Å². The van der Waals surface area contributed by atoms with Crippen LogP contribution in [0.25, 0.3) is 0 Å². The van der Waals surface area contributed by atoms with Crippen LogP contribution >= 0.6 is 11.6 Å². The van der Waals surface area contributed by atoms with Gasteiger partial charge in [0.2, 0.25) is 11.8 Å². The van der Waals surface area contributed by atoms with Gasteiger partial charge in [-0.3, -0.25) is 9.59 Å². The monoisotopic (exact) mass is 256 g/mol. The number of rotatable bonds is 1. The van der Waals surface area contributed by atoms with Crippen LogP contribution < -0.4 is 10.2 Å². The average Bonchev–Trinajstić information content (AvgIpc) is 2.46. The summed E-state index contributed by atoms with van der Waals surface area (Å²) in [5.74, 6) is -1.21. The fourth-order valence-corrected chi connectivity index (χ4v) is 1.82. The fourth-order valence-electron chi connectivity index (χ4n) is 1.65. The summed E-state index contributed by atoms with van der Waals surface area (Å²) < 4.78 is 13.8. The van der Waals surface area contributed by atoms with Gasteiger partial charge < -0.3 is 10.2 Å². The Morgan fingerprint density at radius 1 is 1.35 bits per heavy atom. The first kappa shape index (κ1) is 11.9. The Hall–Kier alpha value is -1.62. The molecule has 0 aromatic heterocycles. The molecule has 0 radical (unpaired) electrons. The highest BCUT2D eigenvalue weighted by molar-refractivity contribution is 6.31. The lowest BCUT2D eigenvalue weighted by Crippen LogP contribution is -2.35. The quantitative estimate of drug-likeness (QED) is 0.824. The average molecular weight is 257 g/mol. The third kappa shape index (κ3) is 2.39. The molecular weight excluding hydrogens is 247 g/mol. The minimum atomic E-state index is -0.642. The van der Waals surface area contributed by atoms with E-state index >= 15 is 0 Å². The summed E-state index contributed by atoms with van der Waals surface area (Å²) in [4.78, 5) is 24.1. The molecule has 6 heteroatoms. The first-order valence-corrected chi connectivity index (χ1v) is 5.48. The van der Waals surface area contributed by atoms with Gasteiger partial charge >= 0.3 is 0 Å². The molecule has 1 N–H and O–H groups in total. The molecule has 1 aliphatic heterocycles. The van der Waals surface area contributed by atoms with E-state index < -0.39 is 5.82 Å². The SMILES string of the molecule is O=C1CCN(c2cccc(Cl)c2F)C(=O)CN1. The third-order valence-electron chi connectivity index (χ3n) is 2.52. The van der Waals surface area contributed by atoms with E-state index in [1.165, 1.54) is 17.0 Å². The first-order chi connectivity index (χ1) is 8.09. The van der Waals surface area contributed by atoms with Crippen molar-refractivity contribution in [1.29, 1.82) is 0 Å². The van der Waals surface area contributed by atoms with Crippen molar-refractivity contribution in [3.05, 3.63) is 29.0 Å². The molecule has 1 aromatic carbocycles. The highest BCUT2D eigenvalue weighted by atomic mass is 35.5. The summed E-state index contributed by atoms with van der Waals surface area (Å²) in [6.45, 7) is 0.0344. The Kier molecular flexibility index (Phi) is 3.28. The third-order valence-corrected chi connectivity index (χ3v) is 2.81. The first-order valence-electron chi connectivity index (χ1n) is 5.10. The smallest absolute Gasteiger partial charge is 0.246 e. The summed E-state index contributed by atoms with van der Waals surface area (Å²) in [7, 11) is 0. The molecule has 1 fully saturated rings. The van der Waals surface area contributed by atoms with Gasteiger partial charge in [0.1, 0.15) is 0 Å². The fraction of sp³-hybridized carbons (Fsp3) is 0.273. The Morgan fingerprint density at radius 2 is 2.12 bits per heavy atom. The predicted molar refractivity (Wildman–Crippen MR) is 61.4 cm³/mol. The van der Waals surface area contributed by atoms with Crippen LogP contribution in [0.1, 0.15) is 6.42 Å². The van der Waals surface area contributed by atoms with Gasteiger partial charge in [-0.25, -0.2) is 4.39 Å². The number of anilines is 1. The molecule has 4 nitrogen and oxygen atoms in total. The zero-order valence-corrected chi connectivity index (χ0v) is 9.63. The van der Waals surface area contributed by atoms with Gasteiger partial charge in [-0.1, -0.05) is 17.7 Å². The van der Waals surface area contributed by atoms with E-state index in [9.17, 15) is 14.0 Å². The normalized spacial score (nSPS) is 16.7. The van der Waals surface area contributed by atoms with Crippen LogP contribution in [0.15, 0.2) is 18.2 Å². The van der Waals surface area contributed by atoms with E-state index in [4.69, 9.17) is 11.6 Å². The molecule has 0 atom stereocenters. The molecule has 2 rings (SSSR count). The van der Waals surface area contributed by atoms with Crippen molar-refractivity contribution in [3.63, 3.8) is 0 Å². The van der Waals surface area contributed by atoms with E-state index in [0.717, 1.165) is 0 Å². The maximum absolute atomic E-state index is 13.8. The van der Waals surface area contributed by atoms with E-state index in [-0.39, 0.29) is 42.0 Å². The van der Waals surface area contributed by atoms with Crippen molar-refractivity contribution in [1.82, 2.24) is 5.32 Å². The molecule has 17 heavy (non-hydrogen) atoms. The van der Waals surface area contributed by atoms with Gasteiger partial charge in [0, 0.05) is 13.0 Å². The van der Waals surface area contributed by atoms with Crippen LogP contribution in [0.4, 0.5) is 10.1 Å². The number of carbonyl (C=O) groups excluding carboxylic acids is 2. The molecule has 0 aliphatic carbocycles. The molecular formula is C11H10ClFN2O2. The van der Waals surface area contributed by atoms with Gasteiger partial charge in [0.25, 0.3) is 0 Å². The summed E-state index contributed by atoms with van der Waals surface area (Å²) in [5, 5.41) is 2.40. The Balaban J connectivity index is 2.34. The van der Waals surface area contributed by atoms with E-state index in [1.807, 2.05) is 0 Å². The molecule has 0 bridgehead atoms. The van der Waals surface area contributed by atoms with Crippen LogP contribution in [0.2, 0.25) is 5.02 Å². The van der Waals surface area contributed by atoms with Gasteiger partial charge in [0.05, 0.1) is 17.3 Å². The van der Waals surface area contributed by atoms with Gasteiger partial charge in [0.15, 0.2) is 5.82 Å². The summed E-state index contributed by atoms with van der Waals surface area (Å²) >= 11 is 5.65. The Morgan fingerprint density at radius 3 is 2.88 bits per heavy atom. The molecule has 1 saturated heterocycles. The Labute approximate surface area is 102 Å². The molecule has 1 aliphatic rings. The number of nitrogens with one attached hydrogen (secondary N) is 1. The summed E-state index contributed by atoms with van der Waals surface area (Å²) in [6, 6.07) is 4.44.